The fraction of sp³-hybridized carbons (Fsp3) is 0.625. The van der Waals surface area contributed by atoms with Crippen molar-refractivity contribution in [2.24, 2.45) is 5.92 Å². The summed E-state index contributed by atoms with van der Waals surface area (Å²) in [4.78, 5) is 10.9. The topological polar surface area (TPSA) is 17.1 Å². The second kappa shape index (κ2) is 2.80. The highest BCUT2D eigenvalue weighted by Crippen LogP contribution is 2.45. The first-order chi connectivity index (χ1) is 4.94. The molecule has 1 aliphatic rings. The lowest BCUT2D eigenvalue weighted by atomic mass is 9.81. The first-order valence-electron chi connectivity index (χ1n) is 3.50. The molecule has 0 aromatic heterocycles. The summed E-state index contributed by atoms with van der Waals surface area (Å²) < 4.78 is -1.14. The SMILES string of the molecule is CC(C)=CC1CC(=O)C1(Cl)Cl. The van der Waals surface area contributed by atoms with Crippen molar-refractivity contribution in [1.82, 2.24) is 0 Å². The van der Waals surface area contributed by atoms with Gasteiger partial charge in [0, 0.05) is 12.3 Å². The van der Waals surface area contributed by atoms with E-state index in [9.17, 15) is 4.79 Å². The fourth-order valence-corrected chi connectivity index (χ4v) is 1.54. The number of hydrogen-bond acceptors (Lipinski definition) is 1. The smallest absolute Gasteiger partial charge is 0.182 e. The van der Waals surface area contributed by atoms with Crippen LogP contribution in [0, 0.1) is 5.92 Å². The Labute approximate surface area is 76.4 Å². The highest BCUT2D eigenvalue weighted by atomic mass is 35.5. The molecule has 0 aromatic rings. The summed E-state index contributed by atoms with van der Waals surface area (Å²) >= 11 is 11.5. The van der Waals surface area contributed by atoms with Crippen molar-refractivity contribution in [3.05, 3.63) is 11.6 Å². The van der Waals surface area contributed by atoms with E-state index in [1.807, 2.05) is 19.9 Å². The van der Waals surface area contributed by atoms with Crippen LogP contribution in [-0.4, -0.2) is 10.1 Å². The average Bonchev–Trinajstić information content (AvgIpc) is 1.87. The van der Waals surface area contributed by atoms with Crippen molar-refractivity contribution in [3.63, 3.8) is 0 Å². The van der Waals surface area contributed by atoms with Gasteiger partial charge in [-0.25, -0.2) is 0 Å². The maximum Gasteiger partial charge on any atom is 0.182 e. The molecule has 0 spiro atoms. The van der Waals surface area contributed by atoms with E-state index in [4.69, 9.17) is 23.2 Å². The lowest BCUT2D eigenvalue weighted by molar-refractivity contribution is -0.126. The quantitative estimate of drug-likeness (QED) is 0.462. The predicted octanol–water partition coefficient (Wildman–Crippen LogP) is 2.72. The van der Waals surface area contributed by atoms with E-state index in [2.05, 4.69) is 0 Å². The molecule has 1 nitrogen and oxygen atoms in total. The maximum absolute atomic E-state index is 10.9. The van der Waals surface area contributed by atoms with E-state index in [0.29, 0.717) is 6.42 Å². The third kappa shape index (κ3) is 1.60. The van der Waals surface area contributed by atoms with Crippen LogP contribution in [0.4, 0.5) is 0 Å². The number of alkyl halides is 2. The third-order valence-electron chi connectivity index (χ3n) is 1.78. The molecular weight excluding hydrogens is 183 g/mol. The number of allylic oxidation sites excluding steroid dienone is 2. The molecule has 11 heavy (non-hydrogen) atoms. The third-order valence-corrected chi connectivity index (χ3v) is 2.76. The molecule has 1 atom stereocenters. The molecule has 0 amide bonds. The molecule has 0 aliphatic heterocycles. The number of carbonyl (C=O) groups is 1. The second-order valence-corrected chi connectivity index (χ2v) is 4.49. The summed E-state index contributed by atoms with van der Waals surface area (Å²) in [6.45, 7) is 3.93. The summed E-state index contributed by atoms with van der Waals surface area (Å²) in [5.41, 5.74) is 1.15. The summed E-state index contributed by atoms with van der Waals surface area (Å²) in [6.07, 6.45) is 2.43. The van der Waals surface area contributed by atoms with Crippen LogP contribution < -0.4 is 0 Å². The van der Waals surface area contributed by atoms with Crippen LogP contribution in [-0.2, 0) is 4.79 Å². The van der Waals surface area contributed by atoms with Crippen molar-refractivity contribution < 1.29 is 4.79 Å². The Bertz CT molecular complexity index is 214. The molecule has 1 rings (SSSR count). The highest BCUT2D eigenvalue weighted by molar-refractivity contribution is 6.60. The summed E-state index contributed by atoms with van der Waals surface area (Å²) in [6, 6.07) is 0. The molecule has 1 aliphatic carbocycles. The number of ketones is 1. The molecule has 1 saturated carbocycles. The van der Waals surface area contributed by atoms with Crippen LogP contribution >= 0.6 is 23.2 Å². The van der Waals surface area contributed by atoms with Gasteiger partial charge >= 0.3 is 0 Å². The van der Waals surface area contributed by atoms with E-state index < -0.39 is 4.33 Å². The van der Waals surface area contributed by atoms with Crippen LogP contribution in [0.3, 0.4) is 0 Å². The van der Waals surface area contributed by atoms with Gasteiger partial charge in [-0.05, 0) is 13.8 Å². The molecule has 0 aromatic carbocycles. The molecule has 0 N–H and O–H groups in total. The Morgan fingerprint density at radius 1 is 1.64 bits per heavy atom. The lowest BCUT2D eigenvalue weighted by Crippen LogP contribution is -2.46. The minimum atomic E-state index is -1.14. The van der Waals surface area contributed by atoms with Crippen molar-refractivity contribution in [3.8, 4) is 0 Å². The summed E-state index contributed by atoms with van der Waals surface area (Å²) in [5.74, 6) is -0.0494. The van der Waals surface area contributed by atoms with Gasteiger partial charge in [-0.15, -0.1) is 0 Å². The van der Waals surface area contributed by atoms with Crippen LogP contribution in [0.5, 0.6) is 0 Å². The van der Waals surface area contributed by atoms with Crippen molar-refractivity contribution in [2.75, 3.05) is 0 Å². The van der Waals surface area contributed by atoms with Crippen LogP contribution in [0.25, 0.3) is 0 Å². The Kier molecular flexibility index (Phi) is 2.31. The fourth-order valence-electron chi connectivity index (χ4n) is 1.11. The second-order valence-electron chi connectivity index (χ2n) is 3.10. The minimum Gasteiger partial charge on any atom is -0.296 e. The lowest BCUT2D eigenvalue weighted by Gasteiger charge is -2.35. The normalized spacial score (nSPS) is 27.6. The molecule has 3 heteroatoms. The van der Waals surface area contributed by atoms with Gasteiger partial charge in [0.2, 0.25) is 0 Å². The van der Waals surface area contributed by atoms with Crippen molar-refractivity contribution in [1.29, 1.82) is 0 Å². The van der Waals surface area contributed by atoms with Crippen LogP contribution in [0.15, 0.2) is 11.6 Å². The number of Topliss-reactive ketones (excluding diaryl/α,β-unsaturated/α-hetero) is 1. The van der Waals surface area contributed by atoms with E-state index >= 15 is 0 Å². The molecule has 0 heterocycles. The van der Waals surface area contributed by atoms with E-state index in [-0.39, 0.29) is 11.7 Å². The zero-order valence-electron chi connectivity index (χ0n) is 6.53. The number of hydrogen-bond donors (Lipinski definition) is 0. The van der Waals surface area contributed by atoms with Gasteiger partial charge in [-0.3, -0.25) is 4.79 Å². The van der Waals surface area contributed by atoms with Gasteiger partial charge in [0.25, 0.3) is 0 Å². The maximum atomic E-state index is 10.9. The van der Waals surface area contributed by atoms with E-state index in [1.54, 1.807) is 0 Å². The van der Waals surface area contributed by atoms with E-state index in [0.717, 1.165) is 5.57 Å². The van der Waals surface area contributed by atoms with Gasteiger partial charge in [0.05, 0.1) is 0 Å². The van der Waals surface area contributed by atoms with Crippen molar-refractivity contribution in [2.45, 2.75) is 24.6 Å². The Hall–Kier alpha value is -0.0100. The van der Waals surface area contributed by atoms with Gasteiger partial charge in [-0.1, -0.05) is 34.9 Å². The van der Waals surface area contributed by atoms with Gasteiger partial charge < -0.3 is 0 Å². The van der Waals surface area contributed by atoms with Crippen LogP contribution in [0.2, 0.25) is 0 Å². The molecule has 0 saturated heterocycles. The first-order valence-corrected chi connectivity index (χ1v) is 4.26. The van der Waals surface area contributed by atoms with Gasteiger partial charge in [0.1, 0.15) is 0 Å². The Morgan fingerprint density at radius 3 is 2.45 bits per heavy atom. The van der Waals surface area contributed by atoms with Crippen molar-refractivity contribution >= 4 is 29.0 Å². The molecule has 1 fully saturated rings. The molecular formula is C8H10Cl2O. The van der Waals surface area contributed by atoms with Gasteiger partial charge in [-0.2, -0.15) is 0 Å². The Morgan fingerprint density at radius 2 is 2.18 bits per heavy atom. The number of halogens is 2. The van der Waals surface area contributed by atoms with Crippen LogP contribution in [0.1, 0.15) is 20.3 Å². The zero-order valence-corrected chi connectivity index (χ0v) is 8.04. The first kappa shape index (κ1) is 9.08. The monoisotopic (exact) mass is 192 g/mol. The summed E-state index contributed by atoms with van der Waals surface area (Å²) in [5, 5.41) is 0. The largest absolute Gasteiger partial charge is 0.296 e. The molecule has 0 radical (unpaired) electrons. The summed E-state index contributed by atoms with van der Waals surface area (Å²) in [7, 11) is 0. The molecule has 62 valence electrons. The standard InChI is InChI=1S/C8H10Cl2O/c1-5(2)3-6-4-7(11)8(6,9)10/h3,6H,4H2,1-2H3. The Balaban J connectivity index is 2.68. The zero-order chi connectivity index (χ0) is 8.65. The van der Waals surface area contributed by atoms with Gasteiger partial charge in [0.15, 0.2) is 10.1 Å². The average molecular weight is 193 g/mol. The highest BCUT2D eigenvalue weighted by Gasteiger charge is 2.51. The molecule has 1 unspecified atom stereocenters. The minimum absolute atomic E-state index is 0.0170. The predicted molar refractivity (Wildman–Crippen MR) is 47.0 cm³/mol. The number of carbonyl (C=O) groups excluding carboxylic acids is 1. The number of rotatable bonds is 1. The van der Waals surface area contributed by atoms with E-state index in [1.165, 1.54) is 0 Å². The molecule has 0 bridgehead atoms.